The molecular formula is C18H18N6. The van der Waals surface area contributed by atoms with Crippen molar-refractivity contribution >= 4 is 39.4 Å². The fourth-order valence-electron chi connectivity index (χ4n) is 3.11. The Bertz CT molecular complexity index is 1010. The van der Waals surface area contributed by atoms with Crippen molar-refractivity contribution in [2.45, 2.75) is 25.3 Å². The van der Waals surface area contributed by atoms with Gasteiger partial charge in [-0.3, -0.25) is 0 Å². The van der Waals surface area contributed by atoms with Gasteiger partial charge in [-0.15, -0.1) is 0 Å². The Balaban J connectivity index is 1.50. The van der Waals surface area contributed by atoms with E-state index in [1.165, 1.54) is 24.6 Å². The van der Waals surface area contributed by atoms with Gasteiger partial charge in [-0.2, -0.15) is 9.97 Å². The first-order valence-corrected chi connectivity index (χ1v) is 8.31. The number of anilines is 3. The van der Waals surface area contributed by atoms with Crippen molar-refractivity contribution in [1.82, 2.24) is 19.9 Å². The molecule has 1 saturated carbocycles. The molecule has 4 N–H and O–H groups in total. The number of nitrogens with zero attached hydrogens (tertiary/aromatic N) is 2. The van der Waals surface area contributed by atoms with Crippen molar-refractivity contribution < 1.29 is 0 Å². The molecule has 6 heteroatoms. The lowest BCUT2D eigenvalue weighted by molar-refractivity contribution is 0.445. The number of aromatic nitrogens is 4. The second kappa shape index (κ2) is 5.26. The lowest BCUT2D eigenvalue weighted by atomic mass is 9.93. The average Bonchev–Trinajstić information content (AvgIpc) is 3.18. The number of fused-ring (bicyclic) bond motifs is 2. The number of nitrogens with one attached hydrogen (secondary N) is 4. The zero-order chi connectivity index (χ0) is 15.9. The first-order valence-electron chi connectivity index (χ1n) is 8.31. The van der Waals surface area contributed by atoms with Crippen LogP contribution >= 0.6 is 0 Å². The number of hydrogen-bond acceptors (Lipinski definition) is 4. The highest BCUT2D eigenvalue weighted by Gasteiger charge is 2.19. The third kappa shape index (κ3) is 2.27. The Morgan fingerprint density at radius 2 is 1.92 bits per heavy atom. The van der Waals surface area contributed by atoms with Crippen LogP contribution in [0.1, 0.15) is 19.3 Å². The third-order valence-electron chi connectivity index (χ3n) is 4.67. The van der Waals surface area contributed by atoms with Gasteiger partial charge in [0.1, 0.15) is 11.5 Å². The molecule has 0 spiro atoms. The van der Waals surface area contributed by atoms with E-state index in [1.54, 1.807) is 0 Å². The van der Waals surface area contributed by atoms with E-state index in [0.29, 0.717) is 12.0 Å². The molecule has 24 heavy (non-hydrogen) atoms. The van der Waals surface area contributed by atoms with Crippen LogP contribution in [0.2, 0.25) is 0 Å². The van der Waals surface area contributed by atoms with E-state index in [4.69, 9.17) is 4.98 Å². The molecule has 1 aliphatic carbocycles. The summed E-state index contributed by atoms with van der Waals surface area (Å²) in [7, 11) is 0. The summed E-state index contributed by atoms with van der Waals surface area (Å²) in [5.41, 5.74) is 2.90. The Morgan fingerprint density at radius 1 is 1.00 bits per heavy atom. The molecule has 1 fully saturated rings. The van der Waals surface area contributed by atoms with Gasteiger partial charge < -0.3 is 20.6 Å². The van der Waals surface area contributed by atoms with Crippen LogP contribution in [0.15, 0.2) is 42.7 Å². The predicted molar refractivity (Wildman–Crippen MR) is 96.7 cm³/mol. The zero-order valence-corrected chi connectivity index (χ0v) is 13.1. The first-order chi connectivity index (χ1) is 11.8. The Labute approximate surface area is 138 Å². The van der Waals surface area contributed by atoms with E-state index in [-0.39, 0.29) is 0 Å². The van der Waals surface area contributed by atoms with Gasteiger partial charge >= 0.3 is 0 Å². The largest absolute Gasteiger partial charge is 0.367 e. The second-order valence-electron chi connectivity index (χ2n) is 6.31. The maximum absolute atomic E-state index is 4.69. The van der Waals surface area contributed by atoms with E-state index < -0.39 is 0 Å². The molecular weight excluding hydrogens is 300 g/mol. The summed E-state index contributed by atoms with van der Waals surface area (Å²) in [6.45, 7) is 0. The summed E-state index contributed by atoms with van der Waals surface area (Å²) >= 11 is 0. The van der Waals surface area contributed by atoms with E-state index in [2.05, 4.69) is 43.8 Å². The normalized spacial score (nSPS) is 14.8. The molecule has 4 aromatic rings. The molecule has 0 saturated heterocycles. The van der Waals surface area contributed by atoms with Crippen molar-refractivity contribution in [3.05, 3.63) is 42.7 Å². The van der Waals surface area contributed by atoms with Crippen molar-refractivity contribution in [2.75, 3.05) is 10.6 Å². The highest BCUT2D eigenvalue weighted by atomic mass is 15.2. The first kappa shape index (κ1) is 13.4. The van der Waals surface area contributed by atoms with Gasteiger partial charge in [-0.05, 0) is 48.9 Å². The molecule has 0 amide bonds. The van der Waals surface area contributed by atoms with Crippen LogP contribution in [0.4, 0.5) is 17.5 Å². The van der Waals surface area contributed by atoms with Crippen molar-refractivity contribution in [3.63, 3.8) is 0 Å². The average molecular weight is 318 g/mol. The summed E-state index contributed by atoms with van der Waals surface area (Å²) in [5.74, 6) is 1.49. The number of rotatable bonds is 4. The van der Waals surface area contributed by atoms with E-state index in [9.17, 15) is 0 Å². The minimum absolute atomic E-state index is 0.529. The zero-order valence-electron chi connectivity index (χ0n) is 13.1. The monoisotopic (exact) mass is 318 g/mol. The van der Waals surface area contributed by atoms with Gasteiger partial charge in [-0.1, -0.05) is 6.07 Å². The molecule has 1 aromatic carbocycles. The summed E-state index contributed by atoms with van der Waals surface area (Å²) < 4.78 is 0. The SMILES string of the molecule is c1cc2ccc(Nc3nc(NC4CCC4)c4cc[nH]c4n3)cc2[nH]1. The Morgan fingerprint density at radius 3 is 2.79 bits per heavy atom. The van der Waals surface area contributed by atoms with Crippen LogP contribution in [0.3, 0.4) is 0 Å². The maximum atomic E-state index is 4.69. The maximum Gasteiger partial charge on any atom is 0.231 e. The summed E-state index contributed by atoms with van der Waals surface area (Å²) in [4.78, 5) is 15.7. The fourth-order valence-corrected chi connectivity index (χ4v) is 3.11. The number of hydrogen-bond donors (Lipinski definition) is 4. The smallest absolute Gasteiger partial charge is 0.231 e. The van der Waals surface area contributed by atoms with Gasteiger partial charge in [0.15, 0.2) is 0 Å². The predicted octanol–water partition coefficient (Wildman–Crippen LogP) is 4.15. The molecule has 0 radical (unpaired) electrons. The number of H-pyrrole nitrogens is 2. The van der Waals surface area contributed by atoms with E-state index in [0.717, 1.165) is 28.1 Å². The van der Waals surface area contributed by atoms with Crippen LogP contribution in [0, 0.1) is 0 Å². The van der Waals surface area contributed by atoms with Crippen LogP contribution in [0.25, 0.3) is 21.9 Å². The minimum atomic E-state index is 0.529. The molecule has 6 nitrogen and oxygen atoms in total. The van der Waals surface area contributed by atoms with Crippen LogP contribution in [-0.2, 0) is 0 Å². The van der Waals surface area contributed by atoms with E-state index in [1.807, 2.05) is 24.5 Å². The highest BCUT2D eigenvalue weighted by molar-refractivity contribution is 5.89. The van der Waals surface area contributed by atoms with Crippen molar-refractivity contribution in [3.8, 4) is 0 Å². The molecule has 0 atom stereocenters. The number of aromatic amines is 2. The summed E-state index contributed by atoms with van der Waals surface area (Å²) in [6, 6.07) is 10.8. The molecule has 0 bridgehead atoms. The molecule has 120 valence electrons. The lowest BCUT2D eigenvalue weighted by Crippen LogP contribution is -2.27. The quantitative estimate of drug-likeness (QED) is 0.456. The van der Waals surface area contributed by atoms with E-state index >= 15 is 0 Å². The standard InChI is InChI=1S/C18H18N6/c1-2-12(3-1)21-17-14-7-9-20-16(14)23-18(24-17)22-13-5-4-11-6-8-19-15(11)10-13/h4-10,12,19H,1-3H2,(H3,20,21,22,23,24). The molecule has 3 heterocycles. The third-order valence-corrected chi connectivity index (χ3v) is 4.67. The van der Waals surface area contributed by atoms with Gasteiger partial charge in [0.25, 0.3) is 0 Å². The summed E-state index contributed by atoms with van der Waals surface area (Å²) in [6.07, 6.45) is 7.56. The van der Waals surface area contributed by atoms with Gasteiger partial charge in [0.05, 0.1) is 5.39 Å². The molecule has 1 aliphatic rings. The number of benzene rings is 1. The van der Waals surface area contributed by atoms with Crippen molar-refractivity contribution in [2.24, 2.45) is 0 Å². The lowest BCUT2D eigenvalue weighted by Gasteiger charge is -2.27. The van der Waals surface area contributed by atoms with Crippen LogP contribution in [0.5, 0.6) is 0 Å². The van der Waals surface area contributed by atoms with Gasteiger partial charge in [-0.25, -0.2) is 0 Å². The minimum Gasteiger partial charge on any atom is -0.367 e. The van der Waals surface area contributed by atoms with Crippen LogP contribution in [-0.4, -0.2) is 26.0 Å². The summed E-state index contributed by atoms with van der Waals surface area (Å²) in [5, 5.41) is 9.08. The Hall–Kier alpha value is -3.02. The molecule has 0 unspecified atom stereocenters. The molecule has 0 aliphatic heterocycles. The molecule has 3 aromatic heterocycles. The fraction of sp³-hybridized carbons (Fsp3) is 0.222. The van der Waals surface area contributed by atoms with Crippen LogP contribution < -0.4 is 10.6 Å². The molecule has 5 rings (SSSR count). The van der Waals surface area contributed by atoms with Gasteiger partial charge in [0, 0.05) is 29.6 Å². The highest BCUT2D eigenvalue weighted by Crippen LogP contribution is 2.28. The van der Waals surface area contributed by atoms with Crippen molar-refractivity contribution in [1.29, 1.82) is 0 Å². The Kier molecular flexibility index (Phi) is 2.94. The second-order valence-corrected chi connectivity index (χ2v) is 6.31. The topological polar surface area (TPSA) is 81.4 Å². The van der Waals surface area contributed by atoms with Gasteiger partial charge in [0.2, 0.25) is 5.95 Å².